The average molecular weight is 309 g/mol. The van der Waals surface area contributed by atoms with Gasteiger partial charge in [-0.2, -0.15) is 0 Å². The molecule has 6 nitrogen and oxygen atoms in total. The summed E-state index contributed by atoms with van der Waals surface area (Å²) in [5.41, 5.74) is 0.805. The van der Waals surface area contributed by atoms with Crippen LogP contribution in [0.1, 0.15) is 65.1 Å². The molecule has 2 heterocycles. The Morgan fingerprint density at radius 2 is 1.95 bits per heavy atom. The Kier molecular flexibility index (Phi) is 5.05. The van der Waals surface area contributed by atoms with E-state index in [0.29, 0.717) is 11.8 Å². The predicted molar refractivity (Wildman–Crippen MR) is 83.2 cm³/mol. The molecule has 116 valence electrons. The van der Waals surface area contributed by atoms with E-state index in [0.717, 1.165) is 30.0 Å². The molecule has 0 amide bonds. The number of nitrogens with zero attached hydrogens (tertiary/aromatic N) is 4. The third-order valence-corrected chi connectivity index (χ3v) is 3.89. The van der Waals surface area contributed by atoms with Crippen LogP contribution in [-0.4, -0.2) is 26.3 Å². The molecule has 0 aliphatic heterocycles. The van der Waals surface area contributed by atoms with Crippen molar-refractivity contribution in [3.05, 3.63) is 11.6 Å². The maximum absolute atomic E-state index is 5.86. The summed E-state index contributed by atoms with van der Waals surface area (Å²) < 4.78 is 9.90. The minimum atomic E-state index is -0.0956. The second kappa shape index (κ2) is 6.62. The first-order valence-corrected chi connectivity index (χ1v) is 8.14. The number of hydrogen-bond acceptors (Lipinski definition) is 7. The zero-order valence-corrected chi connectivity index (χ0v) is 14.1. The van der Waals surface area contributed by atoms with E-state index in [4.69, 9.17) is 4.42 Å². The Labute approximate surface area is 129 Å². The monoisotopic (exact) mass is 309 g/mol. The van der Waals surface area contributed by atoms with Gasteiger partial charge in [0.05, 0.1) is 11.7 Å². The van der Waals surface area contributed by atoms with Crippen molar-refractivity contribution in [2.24, 2.45) is 0 Å². The van der Waals surface area contributed by atoms with Crippen molar-refractivity contribution >= 4 is 11.5 Å². The Bertz CT molecular complexity index is 572. The summed E-state index contributed by atoms with van der Waals surface area (Å²) in [5.74, 6) is 1.15. The molecule has 0 aliphatic carbocycles. The second-order valence-corrected chi connectivity index (χ2v) is 6.82. The highest BCUT2D eigenvalue weighted by atomic mass is 32.1. The summed E-state index contributed by atoms with van der Waals surface area (Å²) >= 11 is 1.30. The first-order chi connectivity index (χ1) is 9.97. The molecule has 0 aliphatic rings. The largest absolute Gasteiger partial charge is 0.418 e. The van der Waals surface area contributed by atoms with E-state index < -0.39 is 0 Å². The second-order valence-electron chi connectivity index (χ2n) is 6.06. The van der Waals surface area contributed by atoms with Crippen molar-refractivity contribution in [3.8, 4) is 10.8 Å². The molecule has 2 aromatic heterocycles. The van der Waals surface area contributed by atoms with Crippen molar-refractivity contribution < 1.29 is 4.42 Å². The van der Waals surface area contributed by atoms with Crippen molar-refractivity contribution in [2.45, 2.75) is 58.9 Å². The van der Waals surface area contributed by atoms with Crippen LogP contribution in [0.25, 0.3) is 10.8 Å². The first kappa shape index (κ1) is 16.0. The molecule has 0 spiro atoms. The van der Waals surface area contributed by atoms with Crippen LogP contribution in [0, 0.1) is 0 Å². The van der Waals surface area contributed by atoms with Gasteiger partial charge in [-0.05, 0) is 30.9 Å². The van der Waals surface area contributed by atoms with Gasteiger partial charge in [-0.15, -0.1) is 15.3 Å². The molecule has 0 fully saturated rings. The lowest BCUT2D eigenvalue weighted by molar-refractivity contribution is 0.396. The Balaban J connectivity index is 2.26. The molecule has 0 bridgehead atoms. The maximum atomic E-state index is 5.86. The van der Waals surface area contributed by atoms with Gasteiger partial charge >= 0.3 is 0 Å². The summed E-state index contributed by atoms with van der Waals surface area (Å²) in [6.07, 6.45) is 1.99. The Morgan fingerprint density at radius 1 is 1.19 bits per heavy atom. The molecule has 0 saturated heterocycles. The Hall–Kier alpha value is -1.34. The minimum Gasteiger partial charge on any atom is -0.418 e. The van der Waals surface area contributed by atoms with Crippen molar-refractivity contribution in [1.29, 1.82) is 0 Å². The molecule has 7 heteroatoms. The Morgan fingerprint density at radius 3 is 2.57 bits per heavy atom. The zero-order valence-electron chi connectivity index (χ0n) is 13.3. The van der Waals surface area contributed by atoms with E-state index in [9.17, 15) is 0 Å². The quantitative estimate of drug-likeness (QED) is 0.882. The highest BCUT2D eigenvalue weighted by Crippen LogP contribution is 2.33. The average Bonchev–Trinajstić information content (AvgIpc) is 3.07. The smallest absolute Gasteiger partial charge is 0.261 e. The highest BCUT2D eigenvalue weighted by Gasteiger charge is 2.27. The van der Waals surface area contributed by atoms with E-state index in [1.165, 1.54) is 11.5 Å². The summed E-state index contributed by atoms with van der Waals surface area (Å²) in [4.78, 5) is 0.867. The first-order valence-electron chi connectivity index (χ1n) is 7.37. The van der Waals surface area contributed by atoms with E-state index in [-0.39, 0.29) is 11.5 Å². The van der Waals surface area contributed by atoms with E-state index >= 15 is 0 Å². The van der Waals surface area contributed by atoms with Crippen molar-refractivity contribution in [3.63, 3.8) is 0 Å². The number of rotatable bonds is 6. The summed E-state index contributed by atoms with van der Waals surface area (Å²) in [7, 11) is 0. The zero-order chi connectivity index (χ0) is 15.5. The molecule has 2 aromatic rings. The van der Waals surface area contributed by atoms with Crippen molar-refractivity contribution in [1.82, 2.24) is 25.1 Å². The van der Waals surface area contributed by atoms with Crippen LogP contribution in [0.5, 0.6) is 0 Å². The van der Waals surface area contributed by atoms with Crippen LogP contribution in [0.2, 0.25) is 0 Å². The minimum absolute atomic E-state index is 0.0956. The van der Waals surface area contributed by atoms with Crippen LogP contribution in [0.15, 0.2) is 4.42 Å². The molecule has 1 N–H and O–H groups in total. The third kappa shape index (κ3) is 3.65. The maximum Gasteiger partial charge on any atom is 0.261 e. The fraction of sp³-hybridized carbons (Fsp3) is 0.714. The topological polar surface area (TPSA) is 76.7 Å². The number of hydrogen-bond donors (Lipinski definition) is 1. The molecular formula is C14H23N5OS. The van der Waals surface area contributed by atoms with Gasteiger partial charge in [0.2, 0.25) is 5.89 Å². The summed E-state index contributed by atoms with van der Waals surface area (Å²) in [5, 5.41) is 16.0. The van der Waals surface area contributed by atoms with Crippen LogP contribution in [0.3, 0.4) is 0 Å². The molecule has 0 saturated carbocycles. The van der Waals surface area contributed by atoms with Gasteiger partial charge in [-0.3, -0.25) is 0 Å². The van der Waals surface area contributed by atoms with Gasteiger partial charge in [-0.1, -0.05) is 39.1 Å². The predicted octanol–water partition coefficient (Wildman–Crippen LogP) is 3.34. The lowest BCUT2D eigenvalue weighted by Gasteiger charge is -2.15. The van der Waals surface area contributed by atoms with Gasteiger partial charge in [0.25, 0.3) is 5.89 Å². The molecule has 0 aromatic carbocycles. The SMILES string of the molecule is CCCNC(CC)c1nnc(-c2snnc2C(C)(C)C)o1. The van der Waals surface area contributed by atoms with E-state index in [1.807, 2.05) is 0 Å². The van der Waals surface area contributed by atoms with E-state index in [2.05, 4.69) is 59.7 Å². The fourth-order valence-corrected chi connectivity index (χ4v) is 2.81. The lowest BCUT2D eigenvalue weighted by Crippen LogP contribution is -2.21. The van der Waals surface area contributed by atoms with Crippen molar-refractivity contribution in [2.75, 3.05) is 6.54 Å². The standard InChI is InChI=1S/C14H23N5OS/c1-6-8-15-9(7-2)12-17-18-13(20-12)10-11(14(3,4)5)16-19-21-10/h9,15H,6-8H2,1-5H3. The molecule has 2 rings (SSSR count). The molecular weight excluding hydrogens is 286 g/mol. The van der Waals surface area contributed by atoms with Crippen LogP contribution < -0.4 is 5.32 Å². The van der Waals surface area contributed by atoms with E-state index in [1.54, 1.807) is 0 Å². The van der Waals surface area contributed by atoms with Gasteiger partial charge in [0.15, 0.2) is 0 Å². The van der Waals surface area contributed by atoms with Gasteiger partial charge in [0, 0.05) is 5.41 Å². The third-order valence-electron chi connectivity index (χ3n) is 3.18. The number of nitrogens with one attached hydrogen (secondary N) is 1. The van der Waals surface area contributed by atoms with Crippen LogP contribution >= 0.6 is 11.5 Å². The normalized spacial score (nSPS) is 13.6. The summed E-state index contributed by atoms with van der Waals surface area (Å²) in [6.45, 7) is 11.5. The number of aromatic nitrogens is 4. The highest BCUT2D eigenvalue weighted by molar-refractivity contribution is 7.09. The molecule has 1 unspecified atom stereocenters. The van der Waals surface area contributed by atoms with Gasteiger partial charge in [0.1, 0.15) is 4.88 Å². The molecule has 1 atom stereocenters. The summed E-state index contributed by atoms with van der Waals surface area (Å²) in [6, 6.07) is 0.102. The fourth-order valence-electron chi connectivity index (χ4n) is 2.01. The molecule has 0 radical (unpaired) electrons. The van der Waals surface area contributed by atoms with Gasteiger partial charge < -0.3 is 9.73 Å². The van der Waals surface area contributed by atoms with Crippen LogP contribution in [0.4, 0.5) is 0 Å². The van der Waals surface area contributed by atoms with Gasteiger partial charge in [-0.25, -0.2) is 0 Å². The molecule has 21 heavy (non-hydrogen) atoms. The van der Waals surface area contributed by atoms with Crippen LogP contribution in [-0.2, 0) is 5.41 Å². The lowest BCUT2D eigenvalue weighted by atomic mass is 9.91.